The number of hydrogen-bond donors (Lipinski definition) is 1. The van der Waals surface area contributed by atoms with Crippen LogP contribution in [0.5, 0.6) is 0 Å². The molecule has 1 aromatic carbocycles. The van der Waals surface area contributed by atoms with Crippen LogP contribution < -0.4 is 5.32 Å². The molecule has 0 spiro atoms. The van der Waals surface area contributed by atoms with E-state index in [9.17, 15) is 4.79 Å². The number of allylic oxidation sites excluding steroid dienone is 2. The van der Waals surface area contributed by atoms with E-state index in [0.717, 1.165) is 29.5 Å². The molecule has 1 saturated carbocycles. The molecular formula is C18H20N2O2. The number of rotatable bonds is 4. The van der Waals surface area contributed by atoms with Crippen LogP contribution >= 0.6 is 0 Å². The van der Waals surface area contributed by atoms with Gasteiger partial charge in [0, 0.05) is 18.9 Å². The molecule has 1 aromatic heterocycles. The Kier molecular flexibility index (Phi) is 3.25. The number of carbonyl (C=O) groups excluding carboxylic acids is 1. The number of carbonyl (C=O) groups is 1. The molecule has 4 heteroatoms. The highest BCUT2D eigenvalue weighted by Gasteiger charge is 2.39. The van der Waals surface area contributed by atoms with Gasteiger partial charge in [0.2, 0.25) is 5.91 Å². The molecule has 2 aliphatic carbocycles. The third-order valence-electron chi connectivity index (χ3n) is 4.92. The first-order valence-corrected chi connectivity index (χ1v) is 8.02. The molecule has 4 nitrogen and oxygen atoms in total. The first-order valence-electron chi connectivity index (χ1n) is 8.02. The molecule has 0 radical (unpaired) electrons. The van der Waals surface area contributed by atoms with Gasteiger partial charge >= 0.3 is 0 Å². The van der Waals surface area contributed by atoms with E-state index in [1.807, 2.05) is 25.1 Å². The molecule has 3 atom stereocenters. The number of aryl methyl sites for hydroxylation is 1. The monoisotopic (exact) mass is 296 g/mol. The Labute approximate surface area is 129 Å². The van der Waals surface area contributed by atoms with Crippen molar-refractivity contribution in [3.63, 3.8) is 0 Å². The highest BCUT2D eigenvalue weighted by Crippen LogP contribution is 2.43. The number of nitrogens with one attached hydrogen (secondary N) is 1. The Bertz CT molecular complexity index is 747. The van der Waals surface area contributed by atoms with Gasteiger partial charge in [0.05, 0.1) is 0 Å². The van der Waals surface area contributed by atoms with Crippen LogP contribution in [0.15, 0.2) is 34.8 Å². The summed E-state index contributed by atoms with van der Waals surface area (Å²) in [6.07, 6.45) is 7.27. The standard InChI is InChI=1S/C18H20N2O2/c1-11-3-2-4-15-17(11)20-16(22-15)7-8-19-18(21)14-10-12-5-6-13(14)9-12/h2-6,12-14H,7-10H2,1H3,(H,19,21)/t12-,13-,14+/m0/s1. The third-order valence-corrected chi connectivity index (χ3v) is 4.92. The second-order valence-electron chi connectivity index (χ2n) is 6.46. The SMILES string of the molecule is Cc1cccc2oc(CCNC(=O)[C@@H]3C[C@H]4C=C[C@H]3C4)nc12. The number of benzene rings is 1. The minimum atomic E-state index is 0.167. The zero-order valence-corrected chi connectivity index (χ0v) is 12.7. The van der Waals surface area contributed by atoms with Crippen LogP contribution in [0.3, 0.4) is 0 Å². The molecule has 22 heavy (non-hydrogen) atoms. The van der Waals surface area contributed by atoms with E-state index in [1.165, 1.54) is 0 Å². The molecule has 1 fully saturated rings. The van der Waals surface area contributed by atoms with Gasteiger partial charge in [-0.2, -0.15) is 0 Å². The molecule has 2 bridgehead atoms. The zero-order valence-electron chi connectivity index (χ0n) is 12.7. The molecule has 1 heterocycles. The molecule has 0 aliphatic heterocycles. The van der Waals surface area contributed by atoms with Gasteiger partial charge in [-0.3, -0.25) is 4.79 Å². The fraction of sp³-hybridized carbons (Fsp3) is 0.444. The van der Waals surface area contributed by atoms with Crippen molar-refractivity contribution in [3.05, 3.63) is 41.8 Å². The van der Waals surface area contributed by atoms with Crippen LogP contribution in [0.2, 0.25) is 0 Å². The first-order chi connectivity index (χ1) is 10.7. The van der Waals surface area contributed by atoms with Gasteiger partial charge in [-0.15, -0.1) is 0 Å². The van der Waals surface area contributed by atoms with Gasteiger partial charge in [-0.05, 0) is 43.2 Å². The van der Waals surface area contributed by atoms with E-state index in [-0.39, 0.29) is 11.8 Å². The van der Waals surface area contributed by atoms with Crippen molar-refractivity contribution in [2.75, 3.05) is 6.54 Å². The molecule has 1 N–H and O–H groups in total. The van der Waals surface area contributed by atoms with Gasteiger partial charge in [-0.25, -0.2) is 4.98 Å². The highest BCUT2D eigenvalue weighted by atomic mass is 16.3. The molecule has 0 unspecified atom stereocenters. The Morgan fingerprint density at radius 1 is 1.36 bits per heavy atom. The lowest BCUT2D eigenvalue weighted by Crippen LogP contribution is -2.34. The molecular weight excluding hydrogens is 276 g/mol. The summed E-state index contributed by atoms with van der Waals surface area (Å²) in [6, 6.07) is 5.93. The number of amides is 1. The minimum absolute atomic E-state index is 0.167. The first kappa shape index (κ1) is 13.6. The van der Waals surface area contributed by atoms with Crippen molar-refractivity contribution in [2.45, 2.75) is 26.2 Å². The van der Waals surface area contributed by atoms with Crippen LogP contribution in [-0.4, -0.2) is 17.4 Å². The lowest BCUT2D eigenvalue weighted by atomic mass is 9.93. The molecule has 4 rings (SSSR count). The van der Waals surface area contributed by atoms with Gasteiger partial charge < -0.3 is 9.73 Å². The lowest BCUT2D eigenvalue weighted by Gasteiger charge is -2.17. The summed E-state index contributed by atoms with van der Waals surface area (Å²) in [7, 11) is 0. The second kappa shape index (κ2) is 5.27. The van der Waals surface area contributed by atoms with Crippen LogP contribution in [0.1, 0.15) is 24.3 Å². The highest BCUT2D eigenvalue weighted by molar-refractivity contribution is 5.80. The van der Waals surface area contributed by atoms with Crippen molar-refractivity contribution in [2.24, 2.45) is 17.8 Å². The quantitative estimate of drug-likeness (QED) is 0.882. The van der Waals surface area contributed by atoms with Gasteiger partial charge in [-0.1, -0.05) is 24.3 Å². The largest absolute Gasteiger partial charge is 0.441 e. The Morgan fingerprint density at radius 2 is 2.27 bits per heavy atom. The van der Waals surface area contributed by atoms with E-state index in [4.69, 9.17) is 4.42 Å². The van der Waals surface area contributed by atoms with Crippen LogP contribution in [-0.2, 0) is 11.2 Å². The second-order valence-corrected chi connectivity index (χ2v) is 6.46. The molecule has 2 aliphatic rings. The maximum atomic E-state index is 12.3. The predicted octanol–water partition coefficient (Wildman–Crippen LogP) is 3.01. The summed E-state index contributed by atoms with van der Waals surface area (Å²) in [5, 5.41) is 3.04. The smallest absolute Gasteiger partial charge is 0.223 e. The van der Waals surface area contributed by atoms with Crippen LogP contribution in [0.25, 0.3) is 11.1 Å². The van der Waals surface area contributed by atoms with Crippen molar-refractivity contribution in [1.82, 2.24) is 10.3 Å². The van der Waals surface area contributed by atoms with E-state index in [0.29, 0.717) is 30.7 Å². The van der Waals surface area contributed by atoms with Gasteiger partial charge in [0.25, 0.3) is 0 Å². The fourth-order valence-corrected chi connectivity index (χ4v) is 3.74. The molecule has 2 aromatic rings. The average Bonchev–Trinajstić information content (AvgIpc) is 3.21. The van der Waals surface area contributed by atoms with Crippen molar-refractivity contribution < 1.29 is 9.21 Å². The lowest BCUT2D eigenvalue weighted by molar-refractivity contribution is -0.125. The van der Waals surface area contributed by atoms with E-state index in [1.54, 1.807) is 0 Å². The third kappa shape index (κ3) is 2.32. The van der Waals surface area contributed by atoms with E-state index < -0.39 is 0 Å². The van der Waals surface area contributed by atoms with Crippen molar-refractivity contribution in [3.8, 4) is 0 Å². The Balaban J connectivity index is 1.35. The van der Waals surface area contributed by atoms with E-state index in [2.05, 4.69) is 22.5 Å². The normalized spacial score (nSPS) is 26.0. The topological polar surface area (TPSA) is 55.1 Å². The predicted molar refractivity (Wildman–Crippen MR) is 84.3 cm³/mol. The number of fused-ring (bicyclic) bond motifs is 3. The minimum Gasteiger partial charge on any atom is -0.441 e. The summed E-state index contributed by atoms with van der Waals surface area (Å²) >= 11 is 0. The summed E-state index contributed by atoms with van der Waals surface area (Å²) in [5.41, 5.74) is 2.85. The van der Waals surface area contributed by atoms with Gasteiger partial charge in [0.15, 0.2) is 11.5 Å². The number of oxazole rings is 1. The van der Waals surface area contributed by atoms with Crippen LogP contribution in [0, 0.1) is 24.7 Å². The molecule has 114 valence electrons. The summed E-state index contributed by atoms with van der Waals surface area (Å²) in [6.45, 7) is 2.61. The number of nitrogens with zero attached hydrogens (tertiary/aromatic N) is 1. The summed E-state index contributed by atoms with van der Waals surface area (Å²) in [5.74, 6) is 2.13. The maximum absolute atomic E-state index is 12.3. The summed E-state index contributed by atoms with van der Waals surface area (Å²) < 4.78 is 5.73. The Hall–Kier alpha value is -2.10. The van der Waals surface area contributed by atoms with Crippen LogP contribution in [0.4, 0.5) is 0 Å². The number of aromatic nitrogens is 1. The van der Waals surface area contributed by atoms with E-state index >= 15 is 0 Å². The average molecular weight is 296 g/mol. The van der Waals surface area contributed by atoms with Gasteiger partial charge in [0.1, 0.15) is 5.52 Å². The molecule has 1 amide bonds. The van der Waals surface area contributed by atoms with Crippen molar-refractivity contribution >= 4 is 17.0 Å². The van der Waals surface area contributed by atoms with Crippen molar-refractivity contribution in [1.29, 1.82) is 0 Å². The molecule has 0 saturated heterocycles. The maximum Gasteiger partial charge on any atom is 0.223 e. The Morgan fingerprint density at radius 3 is 3.00 bits per heavy atom. The number of para-hydroxylation sites is 1. The fourth-order valence-electron chi connectivity index (χ4n) is 3.74. The zero-order chi connectivity index (χ0) is 15.1. The summed E-state index contributed by atoms with van der Waals surface area (Å²) in [4.78, 5) is 16.8. The number of hydrogen-bond acceptors (Lipinski definition) is 3.